The van der Waals surface area contributed by atoms with Crippen molar-refractivity contribution in [2.45, 2.75) is 0 Å². The van der Waals surface area contributed by atoms with Crippen molar-refractivity contribution < 1.29 is 8.78 Å². The molecule has 3 N–H and O–H groups in total. The Labute approximate surface area is 97.9 Å². The second-order valence-electron chi connectivity index (χ2n) is 3.15. The van der Waals surface area contributed by atoms with Crippen molar-refractivity contribution in [3.8, 4) is 0 Å². The van der Waals surface area contributed by atoms with Crippen LogP contribution in [0.1, 0.15) is 0 Å². The fourth-order valence-corrected chi connectivity index (χ4v) is 1.76. The molecule has 1 aromatic carbocycles. The number of hydrogen-bond acceptors (Lipinski definition) is 3. The number of halogens is 2. The fraction of sp³-hybridized carbons (Fsp3) is 0.273. The number of anilines is 2. The third-order valence-corrected chi connectivity index (χ3v) is 2.81. The summed E-state index contributed by atoms with van der Waals surface area (Å²) in [4.78, 5) is 0. The number of hydrogen-bond donors (Lipinski definition) is 2. The lowest BCUT2D eigenvalue weighted by Gasteiger charge is -2.08. The van der Waals surface area contributed by atoms with E-state index < -0.39 is 11.6 Å². The van der Waals surface area contributed by atoms with E-state index in [9.17, 15) is 8.78 Å². The summed E-state index contributed by atoms with van der Waals surface area (Å²) in [7, 11) is 0. The van der Waals surface area contributed by atoms with Gasteiger partial charge in [0.25, 0.3) is 0 Å². The molecule has 5 heteroatoms. The van der Waals surface area contributed by atoms with Crippen LogP contribution < -0.4 is 11.1 Å². The highest BCUT2D eigenvalue weighted by Crippen LogP contribution is 2.21. The molecule has 0 spiro atoms. The Bertz CT molecular complexity index is 346. The normalized spacial score (nSPS) is 10.1. The van der Waals surface area contributed by atoms with Gasteiger partial charge in [-0.3, -0.25) is 0 Å². The second-order valence-corrected chi connectivity index (χ2v) is 4.30. The van der Waals surface area contributed by atoms with Gasteiger partial charge in [-0.15, -0.1) is 6.58 Å². The summed E-state index contributed by atoms with van der Waals surface area (Å²) in [6, 6.07) is 2.20. The van der Waals surface area contributed by atoms with Gasteiger partial charge in [0.1, 0.15) is 5.69 Å². The number of thioether (sulfide) groups is 1. The van der Waals surface area contributed by atoms with Gasteiger partial charge in [0, 0.05) is 23.7 Å². The fourth-order valence-electron chi connectivity index (χ4n) is 1.18. The third kappa shape index (κ3) is 3.73. The van der Waals surface area contributed by atoms with Gasteiger partial charge in [0.2, 0.25) is 0 Å². The van der Waals surface area contributed by atoms with E-state index in [1.54, 1.807) is 17.8 Å². The van der Waals surface area contributed by atoms with Gasteiger partial charge in [0.15, 0.2) is 11.6 Å². The molecule has 88 valence electrons. The average molecular weight is 244 g/mol. The van der Waals surface area contributed by atoms with Crippen LogP contribution in [0.25, 0.3) is 0 Å². The Hall–Kier alpha value is -1.23. The zero-order valence-corrected chi connectivity index (χ0v) is 9.62. The first kappa shape index (κ1) is 12.8. The van der Waals surface area contributed by atoms with E-state index in [4.69, 9.17) is 5.73 Å². The standard InChI is InChI=1S/C11H14F2N2S/c1-2-4-16-5-3-15-11-9(12)6-8(14)7-10(11)13/h2,6-7,15H,1,3-5,14H2. The van der Waals surface area contributed by atoms with Crippen LogP contribution >= 0.6 is 11.8 Å². The third-order valence-electron chi connectivity index (χ3n) is 1.85. The molecule has 0 fully saturated rings. The van der Waals surface area contributed by atoms with Crippen molar-refractivity contribution in [1.82, 2.24) is 0 Å². The highest BCUT2D eigenvalue weighted by Gasteiger charge is 2.09. The van der Waals surface area contributed by atoms with E-state index in [-0.39, 0.29) is 11.4 Å². The summed E-state index contributed by atoms with van der Waals surface area (Å²) < 4.78 is 26.6. The lowest BCUT2D eigenvalue weighted by molar-refractivity contribution is 0.590. The van der Waals surface area contributed by atoms with Gasteiger partial charge in [-0.1, -0.05) is 6.08 Å². The molecule has 0 heterocycles. The number of benzene rings is 1. The largest absolute Gasteiger partial charge is 0.399 e. The molecule has 1 rings (SSSR count). The molecule has 0 aliphatic carbocycles. The SMILES string of the molecule is C=CCSCCNc1c(F)cc(N)cc1F. The van der Waals surface area contributed by atoms with Crippen molar-refractivity contribution >= 4 is 23.1 Å². The first-order chi connectivity index (χ1) is 7.65. The summed E-state index contributed by atoms with van der Waals surface area (Å²) in [6.45, 7) is 4.08. The quantitative estimate of drug-likeness (QED) is 0.459. The monoisotopic (exact) mass is 244 g/mol. The molecule has 0 saturated heterocycles. The Balaban J connectivity index is 2.50. The van der Waals surface area contributed by atoms with E-state index in [2.05, 4.69) is 11.9 Å². The van der Waals surface area contributed by atoms with E-state index in [1.165, 1.54) is 0 Å². The van der Waals surface area contributed by atoms with Crippen LogP contribution in [-0.4, -0.2) is 18.1 Å². The number of nitrogen functional groups attached to an aromatic ring is 1. The molecule has 0 unspecified atom stereocenters. The van der Waals surface area contributed by atoms with Crippen LogP contribution in [0, 0.1) is 11.6 Å². The first-order valence-electron chi connectivity index (χ1n) is 4.82. The zero-order valence-electron chi connectivity index (χ0n) is 8.80. The number of nitrogens with one attached hydrogen (secondary N) is 1. The Morgan fingerprint density at radius 2 is 2.00 bits per heavy atom. The smallest absolute Gasteiger partial charge is 0.151 e. The zero-order chi connectivity index (χ0) is 12.0. The molecule has 16 heavy (non-hydrogen) atoms. The molecule has 0 aliphatic heterocycles. The van der Waals surface area contributed by atoms with Crippen molar-refractivity contribution in [3.05, 3.63) is 36.4 Å². The van der Waals surface area contributed by atoms with Crippen LogP contribution in [0.2, 0.25) is 0 Å². The number of rotatable bonds is 6. The molecule has 0 bridgehead atoms. The predicted octanol–water partition coefficient (Wildman–Crippen LogP) is 2.88. The molecule has 2 nitrogen and oxygen atoms in total. The molecule has 1 aromatic rings. The summed E-state index contributed by atoms with van der Waals surface area (Å²) in [6.07, 6.45) is 1.79. The highest BCUT2D eigenvalue weighted by molar-refractivity contribution is 7.99. The lowest BCUT2D eigenvalue weighted by atomic mass is 10.2. The predicted molar refractivity (Wildman–Crippen MR) is 66.8 cm³/mol. The highest BCUT2D eigenvalue weighted by atomic mass is 32.2. The molecule has 0 radical (unpaired) electrons. The summed E-state index contributed by atoms with van der Waals surface area (Å²) in [5.74, 6) is 0.265. The topological polar surface area (TPSA) is 38.0 Å². The summed E-state index contributed by atoms with van der Waals surface area (Å²) in [5, 5.41) is 2.71. The van der Waals surface area contributed by atoms with Crippen LogP contribution in [0.15, 0.2) is 24.8 Å². The Morgan fingerprint density at radius 3 is 2.56 bits per heavy atom. The molecule has 0 amide bonds. The average Bonchev–Trinajstić information content (AvgIpc) is 2.20. The van der Waals surface area contributed by atoms with Crippen LogP contribution in [0.4, 0.5) is 20.2 Å². The Morgan fingerprint density at radius 1 is 1.38 bits per heavy atom. The van der Waals surface area contributed by atoms with Crippen LogP contribution in [0.5, 0.6) is 0 Å². The lowest BCUT2D eigenvalue weighted by Crippen LogP contribution is -2.08. The van der Waals surface area contributed by atoms with Crippen LogP contribution in [-0.2, 0) is 0 Å². The maximum atomic E-state index is 13.3. The van der Waals surface area contributed by atoms with Gasteiger partial charge in [-0.25, -0.2) is 8.78 Å². The van der Waals surface area contributed by atoms with Gasteiger partial charge in [-0.05, 0) is 12.1 Å². The molecule has 0 aromatic heterocycles. The van der Waals surface area contributed by atoms with E-state index in [0.29, 0.717) is 6.54 Å². The molecule has 0 aliphatic rings. The van der Waals surface area contributed by atoms with Gasteiger partial charge >= 0.3 is 0 Å². The molecular formula is C11H14F2N2S. The van der Waals surface area contributed by atoms with E-state index >= 15 is 0 Å². The van der Waals surface area contributed by atoms with Gasteiger partial charge in [-0.2, -0.15) is 11.8 Å². The van der Waals surface area contributed by atoms with Crippen molar-refractivity contribution in [2.75, 3.05) is 29.1 Å². The van der Waals surface area contributed by atoms with Crippen molar-refractivity contribution in [2.24, 2.45) is 0 Å². The maximum Gasteiger partial charge on any atom is 0.151 e. The van der Waals surface area contributed by atoms with Crippen molar-refractivity contribution in [1.29, 1.82) is 0 Å². The number of nitrogens with two attached hydrogens (primary N) is 1. The van der Waals surface area contributed by atoms with Crippen molar-refractivity contribution in [3.63, 3.8) is 0 Å². The maximum absolute atomic E-state index is 13.3. The minimum absolute atomic E-state index is 0.0848. The first-order valence-corrected chi connectivity index (χ1v) is 5.97. The Kier molecular flexibility index (Phi) is 5.11. The van der Waals surface area contributed by atoms with Gasteiger partial charge in [0.05, 0.1) is 0 Å². The molecular weight excluding hydrogens is 230 g/mol. The molecule has 0 atom stereocenters. The van der Waals surface area contributed by atoms with Crippen LogP contribution in [0.3, 0.4) is 0 Å². The van der Waals surface area contributed by atoms with E-state index in [1.807, 2.05) is 0 Å². The summed E-state index contributed by atoms with van der Waals surface area (Å²) >= 11 is 1.64. The summed E-state index contributed by atoms with van der Waals surface area (Å²) in [5.41, 5.74) is 5.27. The van der Waals surface area contributed by atoms with E-state index in [0.717, 1.165) is 23.6 Å². The minimum Gasteiger partial charge on any atom is -0.399 e. The van der Waals surface area contributed by atoms with Gasteiger partial charge < -0.3 is 11.1 Å². The minimum atomic E-state index is -0.661. The molecule has 0 saturated carbocycles. The second kappa shape index (κ2) is 6.37.